The SMILES string of the molecule is CCCNCC(C)(CCOCCOC)C1CC1. The minimum atomic E-state index is 0.433. The van der Waals surface area contributed by atoms with Crippen molar-refractivity contribution in [2.75, 3.05) is 40.0 Å². The second-order valence-corrected chi connectivity index (χ2v) is 5.46. The minimum absolute atomic E-state index is 0.433. The zero-order chi connectivity index (χ0) is 12.6. The molecule has 0 aromatic carbocycles. The van der Waals surface area contributed by atoms with E-state index in [9.17, 15) is 0 Å². The summed E-state index contributed by atoms with van der Waals surface area (Å²) < 4.78 is 10.6. The van der Waals surface area contributed by atoms with Crippen molar-refractivity contribution in [3.8, 4) is 0 Å². The molecule has 0 radical (unpaired) electrons. The van der Waals surface area contributed by atoms with E-state index in [1.165, 1.54) is 19.3 Å². The van der Waals surface area contributed by atoms with Gasteiger partial charge in [0, 0.05) is 20.3 Å². The molecule has 1 aliphatic rings. The summed E-state index contributed by atoms with van der Waals surface area (Å²) in [4.78, 5) is 0. The second kappa shape index (κ2) is 8.06. The van der Waals surface area contributed by atoms with Gasteiger partial charge in [-0.1, -0.05) is 13.8 Å². The Morgan fingerprint density at radius 1 is 1.24 bits per heavy atom. The van der Waals surface area contributed by atoms with Crippen LogP contribution >= 0.6 is 0 Å². The highest BCUT2D eigenvalue weighted by molar-refractivity contribution is 4.92. The van der Waals surface area contributed by atoms with E-state index in [2.05, 4.69) is 19.2 Å². The Balaban J connectivity index is 2.17. The van der Waals surface area contributed by atoms with Gasteiger partial charge in [-0.05, 0) is 43.6 Å². The molecule has 3 nitrogen and oxygen atoms in total. The van der Waals surface area contributed by atoms with E-state index in [0.717, 1.165) is 38.6 Å². The molecule has 1 atom stereocenters. The maximum absolute atomic E-state index is 5.60. The van der Waals surface area contributed by atoms with Gasteiger partial charge in [-0.2, -0.15) is 0 Å². The van der Waals surface area contributed by atoms with Crippen LogP contribution in [0.5, 0.6) is 0 Å². The lowest BCUT2D eigenvalue weighted by molar-refractivity contribution is 0.0495. The maximum atomic E-state index is 5.60. The van der Waals surface area contributed by atoms with Crippen LogP contribution in [-0.4, -0.2) is 40.0 Å². The van der Waals surface area contributed by atoms with Crippen molar-refractivity contribution in [3.05, 3.63) is 0 Å². The van der Waals surface area contributed by atoms with Gasteiger partial charge < -0.3 is 14.8 Å². The third kappa shape index (κ3) is 5.84. The van der Waals surface area contributed by atoms with Crippen LogP contribution in [0.1, 0.15) is 39.5 Å². The Morgan fingerprint density at radius 2 is 2.00 bits per heavy atom. The first-order valence-electron chi connectivity index (χ1n) is 7.00. The fourth-order valence-corrected chi connectivity index (χ4v) is 2.32. The standard InChI is InChI=1S/C14H29NO2/c1-4-8-15-12-14(2,13-5-6-13)7-9-17-11-10-16-3/h13,15H,4-12H2,1-3H3. The first kappa shape index (κ1) is 14.9. The molecular formula is C14H29NO2. The fraction of sp³-hybridized carbons (Fsp3) is 1.00. The van der Waals surface area contributed by atoms with Gasteiger partial charge in [0.2, 0.25) is 0 Å². The van der Waals surface area contributed by atoms with Crippen LogP contribution in [0.15, 0.2) is 0 Å². The summed E-state index contributed by atoms with van der Waals surface area (Å²) in [5.41, 5.74) is 0.433. The highest BCUT2D eigenvalue weighted by Crippen LogP contribution is 2.47. The van der Waals surface area contributed by atoms with Gasteiger partial charge in [0.15, 0.2) is 0 Å². The number of ether oxygens (including phenoxy) is 2. The number of methoxy groups -OCH3 is 1. The van der Waals surface area contributed by atoms with Crippen LogP contribution in [0.2, 0.25) is 0 Å². The molecule has 0 bridgehead atoms. The molecule has 0 spiro atoms. The summed E-state index contributed by atoms with van der Waals surface area (Å²) in [6, 6.07) is 0. The predicted molar refractivity (Wildman–Crippen MR) is 71.3 cm³/mol. The third-order valence-corrected chi connectivity index (χ3v) is 3.77. The van der Waals surface area contributed by atoms with Gasteiger partial charge in [0.1, 0.15) is 0 Å². The van der Waals surface area contributed by atoms with Crippen LogP contribution in [0.25, 0.3) is 0 Å². The van der Waals surface area contributed by atoms with Gasteiger partial charge in [-0.25, -0.2) is 0 Å². The second-order valence-electron chi connectivity index (χ2n) is 5.46. The summed E-state index contributed by atoms with van der Waals surface area (Å²) in [6.45, 7) is 9.19. The lowest BCUT2D eigenvalue weighted by atomic mass is 9.81. The third-order valence-electron chi connectivity index (χ3n) is 3.77. The first-order chi connectivity index (χ1) is 8.23. The number of hydrogen-bond donors (Lipinski definition) is 1. The van der Waals surface area contributed by atoms with Crippen LogP contribution < -0.4 is 5.32 Å². The Morgan fingerprint density at radius 3 is 2.59 bits per heavy atom. The average molecular weight is 243 g/mol. The number of rotatable bonds is 11. The van der Waals surface area contributed by atoms with Crippen molar-refractivity contribution in [3.63, 3.8) is 0 Å². The lowest BCUT2D eigenvalue weighted by Gasteiger charge is -2.30. The van der Waals surface area contributed by atoms with Crippen molar-refractivity contribution < 1.29 is 9.47 Å². The maximum Gasteiger partial charge on any atom is 0.0700 e. The fourth-order valence-electron chi connectivity index (χ4n) is 2.32. The van der Waals surface area contributed by atoms with Crippen LogP contribution in [-0.2, 0) is 9.47 Å². The van der Waals surface area contributed by atoms with Gasteiger partial charge in [-0.3, -0.25) is 0 Å². The van der Waals surface area contributed by atoms with Crippen LogP contribution in [0, 0.1) is 11.3 Å². The quantitative estimate of drug-likeness (QED) is 0.565. The molecule has 102 valence electrons. The summed E-state index contributed by atoms with van der Waals surface area (Å²) >= 11 is 0. The summed E-state index contributed by atoms with van der Waals surface area (Å²) in [7, 11) is 1.71. The molecule has 1 aliphatic carbocycles. The topological polar surface area (TPSA) is 30.5 Å². The molecular weight excluding hydrogens is 214 g/mol. The Kier molecular flexibility index (Phi) is 7.09. The predicted octanol–water partition coefficient (Wildman–Crippen LogP) is 2.46. The van der Waals surface area contributed by atoms with Gasteiger partial charge in [0.25, 0.3) is 0 Å². The van der Waals surface area contributed by atoms with Gasteiger partial charge in [-0.15, -0.1) is 0 Å². The summed E-state index contributed by atoms with van der Waals surface area (Å²) in [5.74, 6) is 0.915. The smallest absolute Gasteiger partial charge is 0.0700 e. The van der Waals surface area contributed by atoms with E-state index in [0.29, 0.717) is 12.0 Å². The highest BCUT2D eigenvalue weighted by Gasteiger charge is 2.40. The largest absolute Gasteiger partial charge is 0.382 e. The highest BCUT2D eigenvalue weighted by atomic mass is 16.5. The molecule has 1 saturated carbocycles. The van der Waals surface area contributed by atoms with Gasteiger partial charge in [0.05, 0.1) is 13.2 Å². The molecule has 0 heterocycles. The molecule has 17 heavy (non-hydrogen) atoms. The lowest BCUT2D eigenvalue weighted by Crippen LogP contribution is -2.35. The molecule has 0 saturated heterocycles. The Labute approximate surface area is 106 Å². The summed E-state index contributed by atoms with van der Waals surface area (Å²) in [6.07, 6.45) is 5.19. The molecule has 1 fully saturated rings. The number of nitrogens with one attached hydrogen (secondary N) is 1. The van der Waals surface area contributed by atoms with E-state index in [-0.39, 0.29) is 0 Å². The van der Waals surface area contributed by atoms with Crippen molar-refractivity contribution in [1.29, 1.82) is 0 Å². The van der Waals surface area contributed by atoms with Crippen molar-refractivity contribution >= 4 is 0 Å². The van der Waals surface area contributed by atoms with Crippen molar-refractivity contribution in [2.24, 2.45) is 11.3 Å². The van der Waals surface area contributed by atoms with Crippen LogP contribution in [0.4, 0.5) is 0 Å². The minimum Gasteiger partial charge on any atom is -0.382 e. The van der Waals surface area contributed by atoms with E-state index in [4.69, 9.17) is 9.47 Å². The van der Waals surface area contributed by atoms with E-state index >= 15 is 0 Å². The zero-order valence-electron chi connectivity index (χ0n) is 11.8. The monoisotopic (exact) mass is 243 g/mol. The summed E-state index contributed by atoms with van der Waals surface area (Å²) in [5, 5.41) is 3.57. The molecule has 3 heteroatoms. The Hall–Kier alpha value is -0.120. The molecule has 1 unspecified atom stereocenters. The van der Waals surface area contributed by atoms with E-state index in [1.54, 1.807) is 7.11 Å². The van der Waals surface area contributed by atoms with Crippen LogP contribution in [0.3, 0.4) is 0 Å². The van der Waals surface area contributed by atoms with E-state index in [1.807, 2.05) is 0 Å². The van der Waals surface area contributed by atoms with Gasteiger partial charge >= 0.3 is 0 Å². The zero-order valence-corrected chi connectivity index (χ0v) is 11.8. The first-order valence-corrected chi connectivity index (χ1v) is 7.00. The molecule has 1 rings (SSSR count). The van der Waals surface area contributed by atoms with Crippen molar-refractivity contribution in [2.45, 2.75) is 39.5 Å². The Bertz CT molecular complexity index is 195. The van der Waals surface area contributed by atoms with E-state index < -0.39 is 0 Å². The molecule has 0 aliphatic heterocycles. The molecule has 0 amide bonds. The number of hydrogen-bond acceptors (Lipinski definition) is 3. The normalized spacial score (nSPS) is 19.2. The molecule has 0 aromatic heterocycles. The van der Waals surface area contributed by atoms with Crippen molar-refractivity contribution in [1.82, 2.24) is 5.32 Å². The molecule has 0 aromatic rings. The average Bonchev–Trinajstić information content (AvgIpc) is 3.13. The molecule has 1 N–H and O–H groups in total.